The Morgan fingerprint density at radius 2 is 2.11 bits per heavy atom. The van der Waals surface area contributed by atoms with E-state index in [0.717, 1.165) is 0 Å². The van der Waals surface area contributed by atoms with Crippen molar-refractivity contribution < 1.29 is 4.92 Å². The first-order valence-electron chi connectivity index (χ1n) is 5.46. The lowest BCUT2D eigenvalue weighted by Crippen LogP contribution is -1.90. The van der Waals surface area contributed by atoms with Gasteiger partial charge in [-0.1, -0.05) is 18.2 Å². The Morgan fingerprint density at radius 1 is 1.26 bits per heavy atom. The summed E-state index contributed by atoms with van der Waals surface area (Å²) in [5.74, 6) is 0. The standard InChI is InChI=1S/C14H9N3O2/c1-15-13-8-6-11(14(10-13)17(18)19)5-7-12-4-2-3-9-16-12/h2-10H/b7-5+. The number of nitro benzene ring substituents is 1. The summed E-state index contributed by atoms with van der Waals surface area (Å²) >= 11 is 0. The molecule has 1 aromatic carbocycles. The second kappa shape index (κ2) is 5.56. The Morgan fingerprint density at radius 3 is 2.74 bits per heavy atom. The van der Waals surface area contributed by atoms with Gasteiger partial charge in [0, 0.05) is 17.8 Å². The lowest BCUT2D eigenvalue weighted by molar-refractivity contribution is -0.385. The monoisotopic (exact) mass is 251 g/mol. The Labute approximate surface area is 109 Å². The van der Waals surface area contributed by atoms with Crippen molar-refractivity contribution in [1.29, 1.82) is 0 Å². The maximum Gasteiger partial charge on any atom is 0.266 e. The van der Waals surface area contributed by atoms with Gasteiger partial charge >= 0.3 is 0 Å². The molecule has 0 aliphatic heterocycles. The minimum Gasteiger partial charge on any atom is -0.258 e. The summed E-state index contributed by atoms with van der Waals surface area (Å²) in [5.41, 5.74) is 1.33. The zero-order chi connectivity index (χ0) is 13.7. The maximum atomic E-state index is 11.0. The molecule has 2 aromatic rings. The lowest BCUT2D eigenvalue weighted by atomic mass is 10.1. The van der Waals surface area contributed by atoms with Crippen LogP contribution in [0.5, 0.6) is 0 Å². The summed E-state index contributed by atoms with van der Waals surface area (Å²) in [6.07, 6.45) is 4.96. The van der Waals surface area contributed by atoms with Crippen molar-refractivity contribution >= 4 is 23.5 Å². The third kappa shape index (κ3) is 3.01. The van der Waals surface area contributed by atoms with Crippen LogP contribution in [0.25, 0.3) is 17.0 Å². The topological polar surface area (TPSA) is 60.4 Å². The first kappa shape index (κ1) is 12.5. The van der Waals surface area contributed by atoms with E-state index in [1.807, 2.05) is 6.07 Å². The first-order valence-corrected chi connectivity index (χ1v) is 5.46. The summed E-state index contributed by atoms with van der Waals surface area (Å²) in [4.78, 5) is 17.7. The number of aromatic nitrogens is 1. The fraction of sp³-hybridized carbons (Fsp3) is 0. The highest BCUT2D eigenvalue weighted by Crippen LogP contribution is 2.26. The van der Waals surface area contributed by atoms with E-state index < -0.39 is 4.92 Å². The highest BCUT2D eigenvalue weighted by atomic mass is 16.6. The van der Waals surface area contributed by atoms with Crippen LogP contribution in [0.4, 0.5) is 11.4 Å². The molecule has 5 heteroatoms. The summed E-state index contributed by atoms with van der Waals surface area (Å²) < 4.78 is 0. The van der Waals surface area contributed by atoms with E-state index in [2.05, 4.69) is 9.83 Å². The van der Waals surface area contributed by atoms with Crippen LogP contribution in [0.3, 0.4) is 0 Å². The molecule has 0 spiro atoms. The molecule has 0 atom stereocenters. The van der Waals surface area contributed by atoms with Gasteiger partial charge in [-0.25, -0.2) is 4.85 Å². The van der Waals surface area contributed by atoms with Crippen LogP contribution in [-0.4, -0.2) is 9.91 Å². The molecule has 19 heavy (non-hydrogen) atoms. The van der Waals surface area contributed by atoms with E-state index in [0.29, 0.717) is 11.3 Å². The molecule has 0 saturated carbocycles. The fourth-order valence-corrected chi connectivity index (χ4v) is 1.55. The molecule has 0 N–H and O–H groups in total. The second-order valence-electron chi connectivity index (χ2n) is 3.70. The van der Waals surface area contributed by atoms with Crippen molar-refractivity contribution in [1.82, 2.24) is 4.98 Å². The van der Waals surface area contributed by atoms with Crippen LogP contribution in [-0.2, 0) is 0 Å². The molecule has 92 valence electrons. The van der Waals surface area contributed by atoms with E-state index in [9.17, 15) is 10.1 Å². The molecule has 0 fully saturated rings. The largest absolute Gasteiger partial charge is 0.266 e. The normalized spacial score (nSPS) is 10.3. The third-order valence-corrected chi connectivity index (χ3v) is 2.46. The number of nitro groups is 1. The SMILES string of the molecule is [C-]#[N+]c1ccc(/C=C/c2ccccn2)c([N+](=O)[O-])c1. The molecule has 0 aliphatic rings. The van der Waals surface area contributed by atoms with Crippen molar-refractivity contribution in [3.8, 4) is 0 Å². The van der Waals surface area contributed by atoms with Gasteiger partial charge in [0.1, 0.15) is 0 Å². The molecule has 0 bridgehead atoms. The highest BCUT2D eigenvalue weighted by Gasteiger charge is 2.12. The molecule has 1 heterocycles. The van der Waals surface area contributed by atoms with Gasteiger partial charge in [0.2, 0.25) is 0 Å². The summed E-state index contributed by atoms with van der Waals surface area (Å²) in [6, 6.07) is 9.82. The Hall–Kier alpha value is -3.00. The van der Waals surface area contributed by atoms with Gasteiger partial charge in [-0.05, 0) is 24.3 Å². The number of benzene rings is 1. The molecular weight excluding hydrogens is 242 g/mol. The Bertz CT molecular complexity index is 673. The average molecular weight is 251 g/mol. The zero-order valence-electron chi connectivity index (χ0n) is 9.85. The van der Waals surface area contributed by atoms with Gasteiger partial charge in [-0.2, -0.15) is 0 Å². The van der Waals surface area contributed by atoms with Crippen LogP contribution >= 0.6 is 0 Å². The van der Waals surface area contributed by atoms with Crippen LogP contribution in [0.15, 0.2) is 42.6 Å². The molecule has 2 rings (SSSR count). The number of rotatable bonds is 3. The van der Waals surface area contributed by atoms with E-state index in [4.69, 9.17) is 6.57 Å². The number of hydrogen-bond acceptors (Lipinski definition) is 3. The average Bonchev–Trinajstić information content (AvgIpc) is 2.46. The van der Waals surface area contributed by atoms with Gasteiger partial charge < -0.3 is 0 Å². The lowest BCUT2D eigenvalue weighted by Gasteiger charge is -1.98. The second-order valence-corrected chi connectivity index (χ2v) is 3.70. The Kier molecular flexibility index (Phi) is 3.64. The number of pyridine rings is 1. The van der Waals surface area contributed by atoms with Gasteiger partial charge in [-0.3, -0.25) is 15.1 Å². The van der Waals surface area contributed by atoms with Gasteiger partial charge in [0.15, 0.2) is 5.69 Å². The Balaban J connectivity index is 2.38. The predicted molar refractivity (Wildman–Crippen MR) is 72.5 cm³/mol. The molecule has 0 amide bonds. The molecule has 1 aromatic heterocycles. The van der Waals surface area contributed by atoms with Crippen LogP contribution < -0.4 is 0 Å². The number of hydrogen-bond donors (Lipinski definition) is 0. The number of nitrogens with zero attached hydrogens (tertiary/aromatic N) is 3. The van der Waals surface area contributed by atoms with Crippen molar-refractivity contribution in [2.24, 2.45) is 0 Å². The quantitative estimate of drug-likeness (QED) is 0.474. The zero-order valence-corrected chi connectivity index (χ0v) is 9.85. The molecular formula is C14H9N3O2. The molecule has 0 saturated heterocycles. The molecule has 0 aliphatic carbocycles. The highest BCUT2D eigenvalue weighted by molar-refractivity contribution is 5.75. The van der Waals surface area contributed by atoms with Gasteiger partial charge in [-0.15, -0.1) is 0 Å². The third-order valence-electron chi connectivity index (χ3n) is 2.46. The first-order chi connectivity index (χ1) is 9.20. The van der Waals surface area contributed by atoms with E-state index in [1.54, 1.807) is 42.6 Å². The summed E-state index contributed by atoms with van der Waals surface area (Å²) in [5, 5.41) is 11.0. The fourth-order valence-electron chi connectivity index (χ4n) is 1.55. The van der Waals surface area contributed by atoms with E-state index in [1.165, 1.54) is 6.07 Å². The van der Waals surface area contributed by atoms with Gasteiger partial charge in [0.05, 0.1) is 17.2 Å². The smallest absolute Gasteiger partial charge is 0.258 e. The summed E-state index contributed by atoms with van der Waals surface area (Å²) in [7, 11) is 0. The maximum absolute atomic E-state index is 11.0. The molecule has 0 unspecified atom stereocenters. The molecule has 5 nitrogen and oxygen atoms in total. The van der Waals surface area contributed by atoms with Crippen LogP contribution in [0.1, 0.15) is 11.3 Å². The minimum atomic E-state index is -0.493. The minimum absolute atomic E-state index is 0.0827. The van der Waals surface area contributed by atoms with Crippen LogP contribution in [0.2, 0.25) is 0 Å². The van der Waals surface area contributed by atoms with E-state index >= 15 is 0 Å². The van der Waals surface area contributed by atoms with Crippen molar-refractivity contribution in [3.63, 3.8) is 0 Å². The molecule has 0 radical (unpaired) electrons. The van der Waals surface area contributed by atoms with Crippen LogP contribution in [0, 0.1) is 16.7 Å². The van der Waals surface area contributed by atoms with Gasteiger partial charge in [0.25, 0.3) is 5.69 Å². The summed E-state index contributed by atoms with van der Waals surface area (Å²) in [6.45, 7) is 6.86. The predicted octanol–water partition coefficient (Wildman–Crippen LogP) is 3.71. The van der Waals surface area contributed by atoms with E-state index in [-0.39, 0.29) is 11.4 Å². The van der Waals surface area contributed by atoms with Crippen molar-refractivity contribution in [2.75, 3.05) is 0 Å². The van der Waals surface area contributed by atoms with Crippen molar-refractivity contribution in [3.05, 3.63) is 75.4 Å². The van der Waals surface area contributed by atoms with Crippen molar-refractivity contribution in [2.45, 2.75) is 0 Å².